The van der Waals surface area contributed by atoms with Crippen LogP contribution in [0.4, 0.5) is 0 Å². The van der Waals surface area contributed by atoms with Crippen molar-refractivity contribution in [2.45, 2.75) is 0 Å². The van der Waals surface area contributed by atoms with Crippen LogP contribution in [0.3, 0.4) is 0 Å². The lowest BCUT2D eigenvalue weighted by atomic mass is 9.64. The van der Waals surface area contributed by atoms with Gasteiger partial charge in [0.25, 0.3) is 0 Å². The van der Waals surface area contributed by atoms with Gasteiger partial charge in [0.2, 0.25) is 0 Å². The fraction of sp³-hybridized carbons (Fsp3) is 0. The molecule has 0 aliphatic heterocycles. The quantitative estimate of drug-likeness (QED) is 0.700. The van der Waals surface area contributed by atoms with Crippen LogP contribution in [0.1, 0.15) is 0 Å². The highest BCUT2D eigenvalue weighted by Gasteiger charge is 1.98. The first kappa shape index (κ1) is 10.6. The van der Waals surface area contributed by atoms with E-state index in [0.29, 0.717) is 0 Å². The normalized spacial score (nSPS) is 10.0. The van der Waals surface area contributed by atoms with Gasteiger partial charge in [-0.3, -0.25) is 0 Å². The Balaban J connectivity index is 2.15. The SMILES string of the molecule is Clc1ccc([B]c2ccc(Cl)cc2)cc1. The van der Waals surface area contributed by atoms with Crippen molar-refractivity contribution in [1.29, 1.82) is 0 Å². The Morgan fingerprint density at radius 3 is 1.27 bits per heavy atom. The van der Waals surface area contributed by atoms with E-state index in [1.165, 1.54) is 0 Å². The average molecular weight is 234 g/mol. The molecule has 0 heterocycles. The first-order chi connectivity index (χ1) is 7.24. The topological polar surface area (TPSA) is 0 Å². The molecule has 2 aromatic rings. The zero-order chi connectivity index (χ0) is 10.7. The van der Waals surface area contributed by atoms with Crippen LogP contribution in [0.25, 0.3) is 0 Å². The molecule has 1 radical (unpaired) electrons. The van der Waals surface area contributed by atoms with Gasteiger partial charge in [0.15, 0.2) is 7.28 Å². The van der Waals surface area contributed by atoms with Crippen molar-refractivity contribution in [2.24, 2.45) is 0 Å². The van der Waals surface area contributed by atoms with Crippen molar-refractivity contribution < 1.29 is 0 Å². The third-order valence-corrected chi connectivity index (χ3v) is 2.58. The molecule has 0 saturated heterocycles. The maximum Gasteiger partial charge on any atom is 0.191 e. The Morgan fingerprint density at radius 2 is 0.933 bits per heavy atom. The summed E-state index contributed by atoms with van der Waals surface area (Å²) in [5, 5.41) is 1.51. The number of hydrogen-bond donors (Lipinski definition) is 0. The molecule has 0 aliphatic carbocycles. The van der Waals surface area contributed by atoms with Crippen LogP contribution in [0.15, 0.2) is 48.5 Å². The number of halogens is 2. The van der Waals surface area contributed by atoms with Gasteiger partial charge in [-0.2, -0.15) is 0 Å². The molecular formula is C12H8BCl2. The van der Waals surface area contributed by atoms with Crippen LogP contribution in [0.5, 0.6) is 0 Å². The van der Waals surface area contributed by atoms with Gasteiger partial charge in [-0.25, -0.2) is 0 Å². The minimum absolute atomic E-state index is 0.753. The summed E-state index contributed by atoms with van der Waals surface area (Å²) < 4.78 is 0. The van der Waals surface area contributed by atoms with E-state index in [4.69, 9.17) is 23.2 Å². The van der Waals surface area contributed by atoms with Gasteiger partial charge < -0.3 is 0 Å². The second kappa shape index (κ2) is 4.74. The summed E-state index contributed by atoms with van der Waals surface area (Å²) in [6.07, 6.45) is 0. The summed E-state index contributed by atoms with van der Waals surface area (Å²) in [7, 11) is 2.08. The standard InChI is InChI=1S/C12H8BCl2/c14-11-5-1-9(2-6-11)13-10-3-7-12(15)8-4-10/h1-8H. The zero-order valence-electron chi connectivity index (χ0n) is 7.95. The van der Waals surface area contributed by atoms with E-state index in [-0.39, 0.29) is 0 Å². The van der Waals surface area contributed by atoms with Gasteiger partial charge in [-0.15, -0.1) is 0 Å². The molecule has 0 nitrogen and oxygen atoms in total. The van der Waals surface area contributed by atoms with Gasteiger partial charge >= 0.3 is 0 Å². The van der Waals surface area contributed by atoms with Gasteiger partial charge in [0.05, 0.1) is 0 Å². The fourth-order valence-electron chi connectivity index (χ4n) is 1.31. The molecule has 2 aromatic carbocycles. The Kier molecular flexibility index (Phi) is 3.35. The lowest BCUT2D eigenvalue weighted by Gasteiger charge is -2.00. The zero-order valence-corrected chi connectivity index (χ0v) is 9.46. The van der Waals surface area contributed by atoms with Crippen LogP contribution >= 0.6 is 23.2 Å². The van der Waals surface area contributed by atoms with E-state index in [2.05, 4.69) is 7.28 Å². The third kappa shape index (κ3) is 3.02. The van der Waals surface area contributed by atoms with Crippen molar-refractivity contribution in [1.82, 2.24) is 0 Å². The van der Waals surface area contributed by atoms with E-state index in [1.54, 1.807) is 0 Å². The molecule has 15 heavy (non-hydrogen) atoms. The minimum Gasteiger partial charge on any atom is -0.0843 e. The summed E-state index contributed by atoms with van der Waals surface area (Å²) in [6, 6.07) is 15.4. The first-order valence-corrected chi connectivity index (χ1v) is 5.35. The van der Waals surface area contributed by atoms with E-state index in [1.807, 2.05) is 48.5 Å². The van der Waals surface area contributed by atoms with Gasteiger partial charge in [0.1, 0.15) is 0 Å². The highest BCUT2D eigenvalue weighted by molar-refractivity contribution is 6.67. The predicted molar refractivity (Wildman–Crippen MR) is 67.9 cm³/mol. The highest BCUT2D eigenvalue weighted by atomic mass is 35.5. The summed E-state index contributed by atoms with van der Waals surface area (Å²) in [4.78, 5) is 0. The fourth-order valence-corrected chi connectivity index (χ4v) is 1.56. The Hall–Kier alpha value is -0.915. The van der Waals surface area contributed by atoms with Crippen molar-refractivity contribution >= 4 is 41.4 Å². The van der Waals surface area contributed by atoms with Gasteiger partial charge in [-0.05, 0) is 24.3 Å². The molecule has 0 amide bonds. The molecule has 0 bridgehead atoms. The van der Waals surface area contributed by atoms with E-state index in [0.717, 1.165) is 21.0 Å². The lowest BCUT2D eigenvalue weighted by Crippen LogP contribution is -2.26. The van der Waals surface area contributed by atoms with Gasteiger partial charge in [-0.1, -0.05) is 58.4 Å². The number of benzene rings is 2. The monoisotopic (exact) mass is 233 g/mol. The molecule has 73 valence electrons. The molecule has 0 saturated carbocycles. The van der Waals surface area contributed by atoms with Crippen molar-refractivity contribution in [3.8, 4) is 0 Å². The van der Waals surface area contributed by atoms with Crippen LogP contribution in [-0.4, -0.2) is 7.28 Å². The number of rotatable bonds is 2. The van der Waals surface area contributed by atoms with Crippen LogP contribution in [0, 0.1) is 0 Å². The summed E-state index contributed by atoms with van der Waals surface area (Å²) in [6.45, 7) is 0. The molecule has 0 aromatic heterocycles. The minimum atomic E-state index is 0.753. The van der Waals surface area contributed by atoms with Crippen LogP contribution < -0.4 is 10.9 Å². The van der Waals surface area contributed by atoms with Crippen LogP contribution in [0.2, 0.25) is 10.0 Å². The van der Waals surface area contributed by atoms with Crippen LogP contribution in [-0.2, 0) is 0 Å². The summed E-state index contributed by atoms with van der Waals surface area (Å²) in [5.74, 6) is 0. The predicted octanol–water partition coefficient (Wildman–Crippen LogP) is 2.65. The van der Waals surface area contributed by atoms with Gasteiger partial charge in [0, 0.05) is 10.0 Å². The number of hydrogen-bond acceptors (Lipinski definition) is 0. The van der Waals surface area contributed by atoms with Crippen molar-refractivity contribution in [3.05, 3.63) is 58.6 Å². The Bertz CT molecular complexity index is 391. The molecule has 0 atom stereocenters. The highest BCUT2D eigenvalue weighted by Crippen LogP contribution is 2.04. The maximum atomic E-state index is 5.80. The smallest absolute Gasteiger partial charge is 0.0843 e. The Morgan fingerprint density at radius 1 is 0.600 bits per heavy atom. The molecule has 3 heteroatoms. The average Bonchev–Trinajstić information content (AvgIpc) is 2.25. The van der Waals surface area contributed by atoms with Crippen molar-refractivity contribution in [2.75, 3.05) is 0 Å². The van der Waals surface area contributed by atoms with E-state index in [9.17, 15) is 0 Å². The summed E-state index contributed by atoms with van der Waals surface area (Å²) >= 11 is 11.6. The molecule has 0 spiro atoms. The lowest BCUT2D eigenvalue weighted by molar-refractivity contribution is 1.74. The van der Waals surface area contributed by atoms with Crippen molar-refractivity contribution in [3.63, 3.8) is 0 Å². The largest absolute Gasteiger partial charge is 0.191 e. The molecule has 0 fully saturated rings. The van der Waals surface area contributed by atoms with E-state index >= 15 is 0 Å². The molecule has 0 aliphatic rings. The molecular weight excluding hydrogens is 226 g/mol. The molecule has 2 rings (SSSR count). The Labute approximate surface area is 100 Å². The van der Waals surface area contributed by atoms with E-state index < -0.39 is 0 Å². The molecule has 0 unspecified atom stereocenters. The summed E-state index contributed by atoms with van der Waals surface area (Å²) in [5.41, 5.74) is 2.25. The molecule has 0 N–H and O–H groups in total. The second-order valence-electron chi connectivity index (χ2n) is 3.25. The third-order valence-electron chi connectivity index (χ3n) is 2.07. The second-order valence-corrected chi connectivity index (χ2v) is 4.12. The first-order valence-electron chi connectivity index (χ1n) is 4.60. The maximum absolute atomic E-state index is 5.80.